The van der Waals surface area contributed by atoms with Gasteiger partial charge in [-0.3, -0.25) is 0 Å². The molecule has 0 spiro atoms. The topological polar surface area (TPSA) is 63.7 Å². The maximum atomic E-state index is 14.6. The van der Waals surface area contributed by atoms with Gasteiger partial charge in [-0.25, -0.2) is 13.2 Å². The Morgan fingerprint density at radius 3 is 2.02 bits per heavy atom. The number of rotatable bonds is 12. The van der Waals surface area contributed by atoms with Gasteiger partial charge in [-0.2, -0.15) is 4.31 Å². The molecule has 0 amide bonds. The molecule has 0 aromatic heterocycles. The minimum Gasteiger partial charge on any atom is -0.440 e. The Kier molecular flexibility index (Phi) is 11.5. The van der Waals surface area contributed by atoms with Gasteiger partial charge >= 0.3 is 5.97 Å². The van der Waals surface area contributed by atoms with E-state index in [1.165, 1.54) is 4.31 Å². The third-order valence-corrected chi connectivity index (χ3v) is 9.49. The van der Waals surface area contributed by atoms with Crippen molar-refractivity contribution < 1.29 is 17.9 Å². The monoisotopic (exact) mass is 619 g/mol. The summed E-state index contributed by atoms with van der Waals surface area (Å²) in [5.74, 6) is 6.02. The zero-order valence-corrected chi connectivity index (χ0v) is 27.2. The first kappa shape index (κ1) is 33.5. The molecule has 0 fully saturated rings. The third-order valence-electron chi connectivity index (χ3n) is 7.61. The minimum atomic E-state index is -4.07. The van der Waals surface area contributed by atoms with E-state index in [2.05, 4.69) is 11.8 Å². The molecule has 4 rings (SSSR count). The van der Waals surface area contributed by atoms with Crippen molar-refractivity contribution >= 4 is 22.1 Å². The third kappa shape index (κ3) is 8.82. The Hall–Kier alpha value is -4.44. The molecule has 0 bridgehead atoms. The molecule has 5 nitrogen and oxygen atoms in total. The van der Waals surface area contributed by atoms with Gasteiger partial charge in [0.05, 0.1) is 16.5 Å². The molecule has 1 unspecified atom stereocenters. The lowest BCUT2D eigenvalue weighted by molar-refractivity contribution is -0.0264. The Bertz CT molecular complexity index is 1720. The molecule has 0 aliphatic rings. The van der Waals surface area contributed by atoms with Crippen LogP contribution in [0, 0.1) is 24.7 Å². The number of aryl methyl sites for hydroxylation is 1. The van der Waals surface area contributed by atoms with Gasteiger partial charge in [0, 0.05) is 12.1 Å². The van der Waals surface area contributed by atoms with Crippen molar-refractivity contribution in [2.75, 3.05) is 6.54 Å². The highest BCUT2D eigenvalue weighted by atomic mass is 32.2. The second-order valence-electron chi connectivity index (χ2n) is 11.5. The van der Waals surface area contributed by atoms with Crippen LogP contribution in [0.4, 0.5) is 0 Å². The molecule has 0 saturated carbocycles. The molecule has 0 N–H and O–H groups in total. The van der Waals surface area contributed by atoms with Crippen LogP contribution in [-0.2, 0) is 14.8 Å². The number of carbonyl (C=O) groups is 1. The summed E-state index contributed by atoms with van der Waals surface area (Å²) in [6.07, 6.45) is 4.43. The molecule has 0 saturated heterocycles. The largest absolute Gasteiger partial charge is 0.440 e. The fourth-order valence-corrected chi connectivity index (χ4v) is 6.78. The van der Waals surface area contributed by atoms with Crippen LogP contribution < -0.4 is 0 Å². The lowest BCUT2D eigenvalue weighted by Gasteiger charge is -2.42. The van der Waals surface area contributed by atoms with Gasteiger partial charge in [0.15, 0.2) is 5.60 Å². The van der Waals surface area contributed by atoms with Crippen LogP contribution in [0.25, 0.3) is 6.08 Å². The predicted molar refractivity (Wildman–Crippen MR) is 182 cm³/mol. The van der Waals surface area contributed by atoms with Gasteiger partial charge in [-0.05, 0) is 73.6 Å². The van der Waals surface area contributed by atoms with Crippen molar-refractivity contribution in [1.82, 2.24) is 4.31 Å². The van der Waals surface area contributed by atoms with Gasteiger partial charge in [-0.1, -0.05) is 123 Å². The first-order chi connectivity index (χ1) is 21.6. The quantitative estimate of drug-likeness (QED) is 0.119. The Labute approximate surface area is 268 Å². The van der Waals surface area contributed by atoms with Crippen molar-refractivity contribution in [3.63, 3.8) is 0 Å². The molecule has 4 aromatic carbocycles. The van der Waals surface area contributed by atoms with E-state index in [4.69, 9.17) is 4.74 Å². The standard InChI is InChI=1S/C39H41NO4S/c1-5-39(28-27-34-18-11-7-12-19-34,44-38(41)35-21-13-8-14-22-35)37(30-31(2)3)40(29-15-20-33-16-9-6-10-17-33)45(42,43)36-25-23-32(4)24-26-36/h6-26,31,37H,5,29-30H2,1-4H3/b20-15+/t37?,39-/m0/s1. The van der Waals surface area contributed by atoms with E-state index in [1.54, 1.807) is 48.5 Å². The van der Waals surface area contributed by atoms with E-state index < -0.39 is 27.6 Å². The van der Waals surface area contributed by atoms with Crippen LogP contribution in [0.15, 0.2) is 126 Å². The fraction of sp³-hybridized carbons (Fsp3) is 0.256. The molecule has 2 atom stereocenters. The van der Waals surface area contributed by atoms with Crippen LogP contribution in [0.5, 0.6) is 0 Å². The van der Waals surface area contributed by atoms with E-state index >= 15 is 0 Å². The van der Waals surface area contributed by atoms with Crippen molar-refractivity contribution in [2.24, 2.45) is 5.92 Å². The Morgan fingerprint density at radius 1 is 0.867 bits per heavy atom. The number of hydrogen-bond acceptors (Lipinski definition) is 4. The first-order valence-electron chi connectivity index (χ1n) is 15.3. The van der Waals surface area contributed by atoms with E-state index in [0.717, 1.165) is 16.7 Å². The maximum absolute atomic E-state index is 14.6. The highest BCUT2D eigenvalue weighted by Gasteiger charge is 2.47. The summed E-state index contributed by atoms with van der Waals surface area (Å²) in [5.41, 5.74) is 1.55. The number of carbonyl (C=O) groups excluding carboxylic acids is 1. The zero-order chi connectivity index (χ0) is 32.3. The Balaban J connectivity index is 1.91. The van der Waals surface area contributed by atoms with Crippen LogP contribution in [0.3, 0.4) is 0 Å². The van der Waals surface area contributed by atoms with Gasteiger partial charge in [0.2, 0.25) is 10.0 Å². The SMILES string of the molecule is CC[C@@](C#Cc1ccccc1)(OC(=O)c1ccccc1)C(CC(C)C)N(C/C=C/c1ccccc1)S(=O)(=O)c1ccc(C)cc1. The molecule has 0 aliphatic carbocycles. The summed E-state index contributed by atoms with van der Waals surface area (Å²) in [4.78, 5) is 13.9. The number of benzene rings is 4. The molecule has 4 aromatic rings. The van der Waals surface area contributed by atoms with E-state index in [1.807, 2.05) is 107 Å². The van der Waals surface area contributed by atoms with Gasteiger partial charge in [0.1, 0.15) is 0 Å². The van der Waals surface area contributed by atoms with E-state index in [9.17, 15) is 13.2 Å². The summed E-state index contributed by atoms with van der Waals surface area (Å²) < 4.78 is 37.1. The normalized spacial score (nSPS) is 13.6. The first-order valence-corrected chi connectivity index (χ1v) is 16.8. The van der Waals surface area contributed by atoms with Crippen molar-refractivity contribution in [1.29, 1.82) is 0 Å². The van der Waals surface area contributed by atoms with Gasteiger partial charge in [-0.15, -0.1) is 0 Å². The average molecular weight is 620 g/mol. The number of hydrogen-bond donors (Lipinski definition) is 0. The van der Waals surface area contributed by atoms with Crippen molar-refractivity contribution in [2.45, 2.75) is 57.1 Å². The molecule has 0 heterocycles. The van der Waals surface area contributed by atoms with Crippen LogP contribution in [-0.4, -0.2) is 36.9 Å². The molecule has 45 heavy (non-hydrogen) atoms. The van der Waals surface area contributed by atoms with Crippen molar-refractivity contribution in [3.8, 4) is 11.8 Å². The fourth-order valence-electron chi connectivity index (χ4n) is 5.15. The number of sulfonamides is 1. The minimum absolute atomic E-state index is 0.0557. The molecule has 0 aliphatic heterocycles. The van der Waals surface area contributed by atoms with E-state index in [0.29, 0.717) is 12.0 Å². The second-order valence-corrected chi connectivity index (χ2v) is 13.4. The highest BCUT2D eigenvalue weighted by Crippen LogP contribution is 2.34. The molecule has 0 radical (unpaired) electrons. The number of esters is 1. The summed E-state index contributed by atoms with van der Waals surface area (Å²) in [6.45, 7) is 7.94. The average Bonchev–Trinajstić information content (AvgIpc) is 3.05. The lowest BCUT2D eigenvalue weighted by atomic mass is 9.85. The van der Waals surface area contributed by atoms with E-state index in [-0.39, 0.29) is 23.8 Å². The molecular weight excluding hydrogens is 578 g/mol. The summed E-state index contributed by atoms with van der Waals surface area (Å²) in [6, 6.07) is 34.0. The van der Waals surface area contributed by atoms with Crippen molar-refractivity contribution in [3.05, 3.63) is 144 Å². The smallest absolute Gasteiger partial charge is 0.339 e. The molecule has 232 valence electrons. The number of nitrogens with zero attached hydrogens (tertiary/aromatic N) is 1. The van der Waals surface area contributed by atoms with Crippen LogP contribution in [0.1, 0.15) is 60.7 Å². The van der Waals surface area contributed by atoms with Crippen LogP contribution >= 0.6 is 0 Å². The summed E-state index contributed by atoms with van der Waals surface area (Å²) in [7, 11) is -4.07. The lowest BCUT2D eigenvalue weighted by Crippen LogP contribution is -2.56. The second kappa shape index (κ2) is 15.5. The molecule has 6 heteroatoms. The zero-order valence-electron chi connectivity index (χ0n) is 26.4. The highest BCUT2D eigenvalue weighted by molar-refractivity contribution is 7.89. The molecular formula is C39H41NO4S. The Morgan fingerprint density at radius 2 is 1.44 bits per heavy atom. The maximum Gasteiger partial charge on any atom is 0.339 e. The van der Waals surface area contributed by atoms with Gasteiger partial charge in [0.25, 0.3) is 0 Å². The summed E-state index contributed by atoms with van der Waals surface area (Å²) >= 11 is 0. The predicted octanol–water partition coefficient (Wildman–Crippen LogP) is 8.17. The van der Waals surface area contributed by atoms with Crippen LogP contribution in [0.2, 0.25) is 0 Å². The summed E-state index contributed by atoms with van der Waals surface area (Å²) in [5, 5.41) is 0. The number of ether oxygens (including phenoxy) is 1. The van der Waals surface area contributed by atoms with Gasteiger partial charge < -0.3 is 4.74 Å².